The second-order valence-electron chi connectivity index (χ2n) is 3.29. The molecule has 0 atom stereocenters. The van der Waals surface area contributed by atoms with E-state index in [4.69, 9.17) is 11.5 Å². The predicted molar refractivity (Wildman–Crippen MR) is 79.1 cm³/mol. The molecule has 0 aliphatic rings. The van der Waals surface area contributed by atoms with Crippen LogP contribution in [-0.2, 0) is 16.4 Å². The standard InChI is InChI=1S/C10H15N3O2S.HI/c1-2-16(14,15)9-5-3-4-8(6-9)7-13-10(11)12;/h3-6H,2,7H2,1H3,(H4,11,12,13);1H. The molecule has 0 amide bonds. The van der Waals surface area contributed by atoms with Gasteiger partial charge < -0.3 is 11.5 Å². The summed E-state index contributed by atoms with van der Waals surface area (Å²) >= 11 is 0. The number of sulfone groups is 1. The highest BCUT2D eigenvalue weighted by Gasteiger charge is 2.11. The zero-order valence-electron chi connectivity index (χ0n) is 9.46. The van der Waals surface area contributed by atoms with Gasteiger partial charge in [0.25, 0.3) is 0 Å². The van der Waals surface area contributed by atoms with Gasteiger partial charge in [-0.25, -0.2) is 13.4 Å². The maximum Gasteiger partial charge on any atom is 0.186 e. The highest BCUT2D eigenvalue weighted by Crippen LogP contribution is 2.13. The minimum Gasteiger partial charge on any atom is -0.370 e. The maximum atomic E-state index is 11.6. The number of rotatable bonds is 4. The second-order valence-corrected chi connectivity index (χ2v) is 5.57. The summed E-state index contributed by atoms with van der Waals surface area (Å²) in [5, 5.41) is 0. The van der Waals surface area contributed by atoms with Gasteiger partial charge in [-0.1, -0.05) is 19.1 Å². The number of hydrogen-bond donors (Lipinski definition) is 2. The minimum atomic E-state index is -3.17. The predicted octanol–water partition coefficient (Wildman–Crippen LogP) is 0.872. The Morgan fingerprint density at radius 2 is 2.00 bits per heavy atom. The number of guanidine groups is 1. The molecule has 5 nitrogen and oxygen atoms in total. The molecule has 0 aromatic heterocycles. The van der Waals surface area contributed by atoms with Crippen LogP contribution in [0, 0.1) is 0 Å². The van der Waals surface area contributed by atoms with Crippen LogP contribution in [0.25, 0.3) is 0 Å². The second kappa shape index (κ2) is 6.80. The molecule has 0 radical (unpaired) electrons. The van der Waals surface area contributed by atoms with E-state index in [1.165, 1.54) is 0 Å². The number of nitrogens with two attached hydrogens (primary N) is 2. The lowest BCUT2D eigenvalue weighted by molar-refractivity contribution is 0.597. The van der Waals surface area contributed by atoms with E-state index in [-0.39, 0.29) is 42.2 Å². The summed E-state index contributed by atoms with van der Waals surface area (Å²) in [6.45, 7) is 1.90. The molecule has 0 fully saturated rings. The van der Waals surface area contributed by atoms with Gasteiger partial charge in [-0.2, -0.15) is 0 Å². The van der Waals surface area contributed by atoms with Crippen molar-refractivity contribution >= 4 is 39.8 Å². The normalized spacial score (nSPS) is 10.4. The average molecular weight is 369 g/mol. The summed E-state index contributed by atoms with van der Waals surface area (Å²) in [6.07, 6.45) is 0. The lowest BCUT2D eigenvalue weighted by Gasteiger charge is -2.03. The van der Waals surface area contributed by atoms with Gasteiger partial charge in [0, 0.05) is 0 Å². The van der Waals surface area contributed by atoms with Gasteiger partial charge >= 0.3 is 0 Å². The van der Waals surface area contributed by atoms with Crippen LogP contribution in [0.5, 0.6) is 0 Å². The van der Waals surface area contributed by atoms with Crippen molar-refractivity contribution in [1.29, 1.82) is 0 Å². The lowest BCUT2D eigenvalue weighted by Crippen LogP contribution is -2.22. The summed E-state index contributed by atoms with van der Waals surface area (Å²) in [5.41, 5.74) is 11.2. The van der Waals surface area contributed by atoms with Crippen LogP contribution >= 0.6 is 24.0 Å². The van der Waals surface area contributed by atoms with Crippen molar-refractivity contribution < 1.29 is 8.42 Å². The quantitative estimate of drug-likeness (QED) is 0.468. The van der Waals surface area contributed by atoms with Gasteiger partial charge in [0.15, 0.2) is 15.8 Å². The molecule has 96 valence electrons. The molecule has 0 unspecified atom stereocenters. The first-order chi connectivity index (χ1) is 7.45. The molecule has 0 bridgehead atoms. The Kier molecular flexibility index (Phi) is 6.46. The van der Waals surface area contributed by atoms with E-state index in [1.807, 2.05) is 0 Å². The fraction of sp³-hybridized carbons (Fsp3) is 0.300. The number of nitrogens with zero attached hydrogens (tertiary/aromatic N) is 1. The first-order valence-electron chi connectivity index (χ1n) is 4.83. The number of benzene rings is 1. The molecule has 0 aliphatic heterocycles. The first kappa shape index (κ1) is 16.2. The van der Waals surface area contributed by atoms with E-state index in [0.717, 1.165) is 5.56 Å². The van der Waals surface area contributed by atoms with Crippen LogP contribution in [0.1, 0.15) is 12.5 Å². The van der Waals surface area contributed by atoms with Crippen molar-refractivity contribution in [2.24, 2.45) is 16.5 Å². The topological polar surface area (TPSA) is 98.5 Å². The van der Waals surface area contributed by atoms with Crippen LogP contribution in [-0.4, -0.2) is 20.1 Å². The van der Waals surface area contributed by atoms with Crippen molar-refractivity contribution in [3.05, 3.63) is 29.8 Å². The lowest BCUT2D eigenvalue weighted by atomic mass is 10.2. The molecule has 0 heterocycles. The van der Waals surface area contributed by atoms with Crippen LogP contribution in [0.3, 0.4) is 0 Å². The average Bonchev–Trinajstić information content (AvgIpc) is 2.27. The molecular weight excluding hydrogens is 353 g/mol. The Labute approximate surface area is 118 Å². The van der Waals surface area contributed by atoms with Gasteiger partial charge in [-0.15, -0.1) is 24.0 Å². The van der Waals surface area contributed by atoms with E-state index in [0.29, 0.717) is 4.90 Å². The molecule has 17 heavy (non-hydrogen) atoms. The molecule has 4 N–H and O–H groups in total. The Hall–Kier alpha value is -0.830. The van der Waals surface area contributed by atoms with Crippen LogP contribution in [0.4, 0.5) is 0 Å². The summed E-state index contributed by atoms with van der Waals surface area (Å²) < 4.78 is 23.2. The molecule has 0 aliphatic carbocycles. The van der Waals surface area contributed by atoms with E-state index in [2.05, 4.69) is 4.99 Å². The van der Waals surface area contributed by atoms with E-state index < -0.39 is 9.84 Å². The summed E-state index contributed by atoms with van der Waals surface area (Å²) in [5.74, 6) is 0.0717. The molecule has 1 rings (SSSR count). The Morgan fingerprint density at radius 1 is 1.35 bits per heavy atom. The summed E-state index contributed by atoms with van der Waals surface area (Å²) in [4.78, 5) is 4.13. The molecule has 0 saturated carbocycles. The molecular formula is C10H16IN3O2S. The fourth-order valence-corrected chi connectivity index (χ4v) is 2.14. The zero-order valence-corrected chi connectivity index (χ0v) is 12.6. The van der Waals surface area contributed by atoms with E-state index >= 15 is 0 Å². The highest BCUT2D eigenvalue weighted by atomic mass is 127. The molecule has 7 heteroatoms. The first-order valence-corrected chi connectivity index (χ1v) is 6.48. The van der Waals surface area contributed by atoms with Gasteiger partial charge in [0.1, 0.15) is 0 Å². The van der Waals surface area contributed by atoms with Crippen molar-refractivity contribution in [1.82, 2.24) is 0 Å². The van der Waals surface area contributed by atoms with Crippen LogP contribution < -0.4 is 11.5 Å². The van der Waals surface area contributed by atoms with Crippen molar-refractivity contribution in [3.8, 4) is 0 Å². The number of hydrogen-bond acceptors (Lipinski definition) is 3. The maximum absolute atomic E-state index is 11.6. The Morgan fingerprint density at radius 3 is 2.53 bits per heavy atom. The smallest absolute Gasteiger partial charge is 0.186 e. The SMILES string of the molecule is CCS(=O)(=O)c1cccc(CN=C(N)N)c1.I. The molecule has 0 saturated heterocycles. The van der Waals surface area contributed by atoms with Crippen LogP contribution in [0.2, 0.25) is 0 Å². The van der Waals surface area contributed by atoms with Gasteiger partial charge in [-0.05, 0) is 17.7 Å². The third-order valence-electron chi connectivity index (χ3n) is 2.08. The Balaban J connectivity index is 0.00000256. The minimum absolute atomic E-state index is 0. The molecule has 0 spiro atoms. The third kappa shape index (κ3) is 4.90. The van der Waals surface area contributed by atoms with Crippen LogP contribution in [0.15, 0.2) is 34.2 Å². The monoisotopic (exact) mass is 369 g/mol. The van der Waals surface area contributed by atoms with Gasteiger partial charge in [-0.3, -0.25) is 0 Å². The zero-order chi connectivity index (χ0) is 12.2. The van der Waals surface area contributed by atoms with E-state index in [9.17, 15) is 8.42 Å². The van der Waals surface area contributed by atoms with Gasteiger partial charge in [0.2, 0.25) is 0 Å². The number of halogens is 1. The fourth-order valence-electron chi connectivity index (χ4n) is 1.19. The third-order valence-corrected chi connectivity index (χ3v) is 3.81. The molecule has 1 aromatic rings. The summed E-state index contributed by atoms with van der Waals surface area (Å²) in [7, 11) is -3.17. The largest absolute Gasteiger partial charge is 0.370 e. The highest BCUT2D eigenvalue weighted by molar-refractivity contribution is 14.0. The van der Waals surface area contributed by atoms with Crippen molar-refractivity contribution in [2.75, 3.05) is 5.75 Å². The molecule has 1 aromatic carbocycles. The van der Waals surface area contributed by atoms with Crippen molar-refractivity contribution in [3.63, 3.8) is 0 Å². The Bertz CT molecular complexity index is 496. The van der Waals surface area contributed by atoms with Crippen molar-refractivity contribution in [2.45, 2.75) is 18.4 Å². The van der Waals surface area contributed by atoms with E-state index in [1.54, 1.807) is 31.2 Å². The van der Waals surface area contributed by atoms with Gasteiger partial charge in [0.05, 0.1) is 17.2 Å². The summed E-state index contributed by atoms with van der Waals surface area (Å²) in [6, 6.07) is 6.62. The number of aliphatic imine (C=N–C) groups is 1.